The third-order valence-electron chi connectivity index (χ3n) is 4.39. The van der Waals surface area contributed by atoms with Gasteiger partial charge < -0.3 is 5.32 Å². The first kappa shape index (κ1) is 14.3. The number of unbranched alkanes of at least 4 members (excludes halogenated alkanes) is 2. The molecule has 0 heterocycles. The van der Waals surface area contributed by atoms with Crippen LogP contribution in [-0.4, -0.2) is 16.9 Å². The normalized spacial score (nSPS) is 21.8. The van der Waals surface area contributed by atoms with Gasteiger partial charge in [0.2, 0.25) is 5.91 Å². The summed E-state index contributed by atoms with van der Waals surface area (Å²) < 4.78 is 1.22. The van der Waals surface area contributed by atoms with Crippen LogP contribution in [0.1, 0.15) is 47.0 Å². The summed E-state index contributed by atoms with van der Waals surface area (Å²) in [6.07, 6.45) is 3.60. The van der Waals surface area contributed by atoms with E-state index >= 15 is 0 Å². The smallest absolute Gasteiger partial charge is 0.224 e. The molecule has 0 aromatic rings. The van der Waals surface area contributed by atoms with Gasteiger partial charge in [-0.2, -0.15) is 0 Å². The first-order valence-electron chi connectivity index (χ1n) is 6.19. The van der Waals surface area contributed by atoms with Crippen LogP contribution in [0.4, 0.5) is 0 Å². The van der Waals surface area contributed by atoms with E-state index in [-0.39, 0.29) is 22.7 Å². The van der Waals surface area contributed by atoms with Crippen molar-refractivity contribution in [3.63, 3.8) is 0 Å². The zero-order valence-corrected chi connectivity index (χ0v) is 13.1. The zero-order chi connectivity index (χ0) is 12.4. The van der Waals surface area contributed by atoms with Crippen LogP contribution in [0.25, 0.3) is 0 Å². The number of hydrogen-bond acceptors (Lipinski definition) is 1. The van der Waals surface area contributed by atoms with E-state index in [1.165, 1.54) is 17.3 Å². The lowest BCUT2D eigenvalue weighted by Gasteiger charge is -2.05. The van der Waals surface area contributed by atoms with Crippen LogP contribution in [0, 0.1) is 16.7 Å². The molecule has 1 aliphatic rings. The molecule has 0 atom stereocenters. The molecule has 1 saturated carbocycles. The Kier molecular flexibility index (Phi) is 4.66. The van der Waals surface area contributed by atoms with Crippen LogP contribution in [0.5, 0.6) is 0 Å². The van der Waals surface area contributed by atoms with E-state index in [0.717, 1.165) is 13.0 Å². The molecular formula is C13H24INO. The molecule has 0 aromatic carbocycles. The van der Waals surface area contributed by atoms with Crippen molar-refractivity contribution >= 4 is 28.5 Å². The maximum absolute atomic E-state index is 12.0. The highest BCUT2D eigenvalue weighted by atomic mass is 127. The van der Waals surface area contributed by atoms with Gasteiger partial charge in [-0.25, -0.2) is 0 Å². The number of alkyl halides is 1. The minimum atomic E-state index is 0.166. The Balaban J connectivity index is 2.23. The molecule has 0 saturated heterocycles. The minimum Gasteiger partial charge on any atom is -0.356 e. The SMILES string of the molecule is CC1(C)C(C(=O)NCCCCCI)C1(C)C. The van der Waals surface area contributed by atoms with Gasteiger partial charge in [-0.15, -0.1) is 0 Å². The average Bonchev–Trinajstić information content (AvgIpc) is 2.57. The minimum absolute atomic E-state index is 0.166. The van der Waals surface area contributed by atoms with Gasteiger partial charge >= 0.3 is 0 Å². The molecule has 94 valence electrons. The van der Waals surface area contributed by atoms with Crippen molar-refractivity contribution in [3.8, 4) is 0 Å². The summed E-state index contributed by atoms with van der Waals surface area (Å²) in [5, 5.41) is 3.07. The topological polar surface area (TPSA) is 29.1 Å². The number of rotatable bonds is 6. The zero-order valence-electron chi connectivity index (χ0n) is 10.9. The monoisotopic (exact) mass is 337 g/mol. The van der Waals surface area contributed by atoms with Crippen molar-refractivity contribution in [1.29, 1.82) is 0 Å². The van der Waals surface area contributed by atoms with Gasteiger partial charge in [0.05, 0.1) is 0 Å². The Hall–Kier alpha value is 0.200. The second-order valence-corrected chi connectivity index (χ2v) is 7.00. The third kappa shape index (κ3) is 2.71. The lowest BCUT2D eigenvalue weighted by molar-refractivity contribution is -0.123. The molecule has 0 unspecified atom stereocenters. The van der Waals surface area contributed by atoms with Crippen molar-refractivity contribution in [2.45, 2.75) is 47.0 Å². The van der Waals surface area contributed by atoms with Crippen molar-refractivity contribution in [2.24, 2.45) is 16.7 Å². The second kappa shape index (κ2) is 5.23. The highest BCUT2D eigenvalue weighted by molar-refractivity contribution is 14.1. The van der Waals surface area contributed by atoms with E-state index in [1.54, 1.807) is 0 Å². The fourth-order valence-electron chi connectivity index (χ4n) is 2.56. The lowest BCUT2D eigenvalue weighted by Crippen LogP contribution is -2.28. The predicted octanol–water partition coefficient (Wildman–Crippen LogP) is 3.39. The van der Waals surface area contributed by atoms with Gasteiger partial charge in [-0.3, -0.25) is 4.79 Å². The quantitative estimate of drug-likeness (QED) is 0.449. The average molecular weight is 337 g/mol. The molecule has 0 aromatic heterocycles. The summed E-state index contributed by atoms with van der Waals surface area (Å²) in [6.45, 7) is 9.60. The van der Waals surface area contributed by atoms with E-state index in [0.29, 0.717) is 0 Å². The van der Waals surface area contributed by atoms with Gasteiger partial charge in [0.25, 0.3) is 0 Å². The fraction of sp³-hybridized carbons (Fsp3) is 0.923. The number of carbonyl (C=O) groups excluding carboxylic acids is 1. The Morgan fingerprint density at radius 3 is 2.12 bits per heavy atom. The highest BCUT2D eigenvalue weighted by Gasteiger charge is 2.68. The largest absolute Gasteiger partial charge is 0.356 e. The molecule has 1 aliphatic carbocycles. The molecule has 2 nitrogen and oxygen atoms in total. The molecule has 0 aliphatic heterocycles. The van der Waals surface area contributed by atoms with E-state index in [1.807, 2.05) is 0 Å². The molecular weight excluding hydrogens is 313 g/mol. The van der Waals surface area contributed by atoms with Crippen molar-refractivity contribution in [1.82, 2.24) is 5.32 Å². The summed E-state index contributed by atoms with van der Waals surface area (Å²) in [5.41, 5.74) is 0.332. The van der Waals surface area contributed by atoms with E-state index in [9.17, 15) is 4.79 Å². The van der Waals surface area contributed by atoms with E-state index in [4.69, 9.17) is 0 Å². The molecule has 3 heteroatoms. The van der Waals surface area contributed by atoms with Crippen molar-refractivity contribution in [3.05, 3.63) is 0 Å². The van der Waals surface area contributed by atoms with Crippen molar-refractivity contribution < 1.29 is 4.79 Å². The summed E-state index contributed by atoms with van der Waals surface area (Å²) in [4.78, 5) is 12.0. The fourth-order valence-corrected chi connectivity index (χ4v) is 3.10. The van der Waals surface area contributed by atoms with E-state index in [2.05, 4.69) is 55.6 Å². The van der Waals surface area contributed by atoms with Gasteiger partial charge in [0.15, 0.2) is 0 Å². The van der Waals surface area contributed by atoms with Crippen molar-refractivity contribution in [2.75, 3.05) is 11.0 Å². The number of nitrogens with one attached hydrogen (secondary N) is 1. The maximum atomic E-state index is 12.0. The summed E-state index contributed by atoms with van der Waals surface area (Å²) in [7, 11) is 0. The standard InChI is InChI=1S/C13H24INO/c1-12(2)10(13(12,3)4)11(16)15-9-7-5-6-8-14/h10H,5-9H2,1-4H3,(H,15,16). The number of amides is 1. The molecule has 0 bridgehead atoms. The van der Waals surface area contributed by atoms with Crippen LogP contribution in [0.15, 0.2) is 0 Å². The van der Waals surface area contributed by atoms with Crippen LogP contribution in [0.3, 0.4) is 0 Å². The van der Waals surface area contributed by atoms with Gasteiger partial charge in [-0.05, 0) is 28.1 Å². The molecule has 1 amide bonds. The number of halogens is 1. The second-order valence-electron chi connectivity index (χ2n) is 5.92. The Morgan fingerprint density at radius 1 is 1.12 bits per heavy atom. The Morgan fingerprint density at radius 2 is 1.69 bits per heavy atom. The molecule has 1 rings (SSSR count). The van der Waals surface area contributed by atoms with Gasteiger partial charge in [-0.1, -0.05) is 56.7 Å². The van der Waals surface area contributed by atoms with Gasteiger partial charge in [0, 0.05) is 12.5 Å². The molecule has 1 N–H and O–H groups in total. The van der Waals surface area contributed by atoms with Crippen LogP contribution in [0.2, 0.25) is 0 Å². The maximum Gasteiger partial charge on any atom is 0.224 e. The number of carbonyl (C=O) groups is 1. The number of hydrogen-bond donors (Lipinski definition) is 1. The summed E-state index contributed by atoms with van der Waals surface area (Å²) in [5.74, 6) is 0.453. The van der Waals surface area contributed by atoms with Crippen LogP contribution >= 0.6 is 22.6 Å². The van der Waals surface area contributed by atoms with Gasteiger partial charge in [0.1, 0.15) is 0 Å². The first-order chi connectivity index (χ1) is 7.35. The first-order valence-corrected chi connectivity index (χ1v) is 7.72. The molecule has 0 spiro atoms. The lowest BCUT2D eigenvalue weighted by atomic mass is 10.0. The van der Waals surface area contributed by atoms with Crippen LogP contribution < -0.4 is 5.32 Å². The summed E-state index contributed by atoms with van der Waals surface area (Å²) in [6, 6.07) is 0. The Bertz CT molecular complexity index is 247. The molecule has 0 radical (unpaired) electrons. The highest BCUT2D eigenvalue weighted by Crippen LogP contribution is 2.68. The summed E-state index contributed by atoms with van der Waals surface area (Å²) >= 11 is 2.39. The molecule has 1 fully saturated rings. The predicted molar refractivity (Wildman–Crippen MR) is 76.8 cm³/mol. The third-order valence-corrected chi connectivity index (χ3v) is 5.16. The van der Waals surface area contributed by atoms with Crippen LogP contribution in [-0.2, 0) is 4.79 Å². The molecule has 16 heavy (non-hydrogen) atoms. The Labute approximate surface area is 113 Å². The van der Waals surface area contributed by atoms with E-state index < -0.39 is 0 Å².